The first-order valence-electron chi connectivity index (χ1n) is 8.60. The molecule has 0 aliphatic carbocycles. The number of hydrogen-bond donors (Lipinski definition) is 3. The Hall–Kier alpha value is -3.76. The van der Waals surface area contributed by atoms with Crippen molar-refractivity contribution >= 4 is 29.4 Å². The Bertz CT molecular complexity index is 1070. The summed E-state index contributed by atoms with van der Waals surface area (Å²) in [4.78, 5) is 20.2. The molecule has 0 saturated heterocycles. The van der Waals surface area contributed by atoms with E-state index in [0.717, 1.165) is 16.9 Å². The fourth-order valence-corrected chi connectivity index (χ4v) is 2.89. The maximum atomic E-state index is 12.2. The van der Waals surface area contributed by atoms with Crippen molar-refractivity contribution in [3.8, 4) is 11.3 Å². The minimum atomic E-state index is -4.47. The van der Waals surface area contributed by atoms with Gasteiger partial charge in [-0.3, -0.25) is 19.8 Å². The summed E-state index contributed by atoms with van der Waals surface area (Å²) >= 11 is 0. The van der Waals surface area contributed by atoms with Gasteiger partial charge in [-0.15, -0.1) is 0 Å². The van der Waals surface area contributed by atoms with E-state index in [1.54, 1.807) is 36.1 Å². The van der Waals surface area contributed by atoms with Crippen molar-refractivity contribution in [2.45, 2.75) is 6.18 Å². The Morgan fingerprint density at radius 2 is 2.10 bits per heavy atom. The number of imidazole rings is 1. The third kappa shape index (κ3) is 4.23. The molecule has 0 bridgehead atoms. The van der Waals surface area contributed by atoms with Crippen LogP contribution in [-0.2, 0) is 0 Å². The van der Waals surface area contributed by atoms with Gasteiger partial charge < -0.3 is 10.6 Å². The monoisotopic (exact) mass is 403 g/mol. The summed E-state index contributed by atoms with van der Waals surface area (Å²) in [6.07, 6.45) is 0.703. The number of urea groups is 1. The van der Waals surface area contributed by atoms with Crippen LogP contribution < -0.4 is 21.1 Å². The van der Waals surface area contributed by atoms with Crippen molar-refractivity contribution in [3.63, 3.8) is 0 Å². The average molecular weight is 403 g/mol. The molecule has 0 fully saturated rings. The van der Waals surface area contributed by atoms with Crippen LogP contribution in [0.15, 0.2) is 53.8 Å². The smallest absolute Gasteiger partial charge is 0.329 e. The summed E-state index contributed by atoms with van der Waals surface area (Å²) in [7, 11) is 0. The Morgan fingerprint density at radius 1 is 1.24 bits per heavy atom. The molecule has 0 radical (unpaired) electrons. The number of hydrazine groups is 1. The van der Waals surface area contributed by atoms with E-state index in [9.17, 15) is 18.0 Å². The number of alkyl halides is 3. The molecule has 2 amide bonds. The number of nitrogens with zero attached hydrogens (tertiary/aromatic N) is 4. The standard InChI is InChI=1S/C18H16F3N7O/c19-18(20,21)9-24-17(29)26-13-3-1-2-12(6-13)15-8-23-16-7-14(4-5-27(15)16)28-11-22-10-25-28/h1-8,10H,9,11H2,(H,22,25)(H2,24,26,29). The second-order valence-corrected chi connectivity index (χ2v) is 6.27. The number of nitrogens with one attached hydrogen (secondary N) is 3. The highest BCUT2D eigenvalue weighted by Gasteiger charge is 2.27. The van der Waals surface area contributed by atoms with Crippen LogP contribution in [0, 0.1) is 0 Å². The molecule has 0 unspecified atom stereocenters. The van der Waals surface area contributed by atoms with Crippen LogP contribution in [0.5, 0.6) is 0 Å². The van der Waals surface area contributed by atoms with Crippen LogP contribution in [0.4, 0.5) is 29.3 Å². The lowest BCUT2D eigenvalue weighted by Gasteiger charge is -2.16. The number of anilines is 2. The van der Waals surface area contributed by atoms with Gasteiger partial charge in [-0.25, -0.2) is 9.78 Å². The van der Waals surface area contributed by atoms with Crippen molar-refractivity contribution in [2.24, 2.45) is 4.99 Å². The van der Waals surface area contributed by atoms with Gasteiger partial charge in [-0.2, -0.15) is 13.2 Å². The lowest BCUT2D eigenvalue weighted by molar-refractivity contribution is -0.122. The van der Waals surface area contributed by atoms with Crippen LogP contribution in [0.1, 0.15) is 0 Å². The highest BCUT2D eigenvalue weighted by atomic mass is 19.4. The number of amides is 2. The van der Waals surface area contributed by atoms with E-state index < -0.39 is 18.8 Å². The molecule has 150 valence electrons. The molecule has 0 spiro atoms. The number of rotatable bonds is 4. The van der Waals surface area contributed by atoms with Gasteiger partial charge >= 0.3 is 12.2 Å². The van der Waals surface area contributed by atoms with Crippen molar-refractivity contribution < 1.29 is 18.0 Å². The number of benzene rings is 1. The number of hydrogen-bond acceptors (Lipinski definition) is 5. The molecule has 11 heteroatoms. The Balaban J connectivity index is 1.53. The molecule has 4 rings (SSSR count). The second-order valence-electron chi connectivity index (χ2n) is 6.27. The first-order chi connectivity index (χ1) is 13.9. The van der Waals surface area contributed by atoms with E-state index in [4.69, 9.17) is 0 Å². The Morgan fingerprint density at radius 3 is 2.86 bits per heavy atom. The summed E-state index contributed by atoms with van der Waals surface area (Å²) in [5, 5.41) is 6.04. The van der Waals surface area contributed by atoms with Crippen LogP contribution >= 0.6 is 0 Å². The molecular weight excluding hydrogens is 387 g/mol. The Kier molecular flexibility index (Phi) is 4.71. The predicted octanol–water partition coefficient (Wildman–Crippen LogP) is 3.00. The van der Waals surface area contributed by atoms with Gasteiger partial charge in [-0.05, 0) is 18.2 Å². The number of carbonyl (C=O) groups excluding carboxylic acids is 1. The van der Waals surface area contributed by atoms with E-state index in [-0.39, 0.29) is 0 Å². The quantitative estimate of drug-likeness (QED) is 0.625. The van der Waals surface area contributed by atoms with E-state index in [1.165, 1.54) is 0 Å². The molecule has 29 heavy (non-hydrogen) atoms. The number of pyridine rings is 1. The maximum Gasteiger partial charge on any atom is 0.405 e. The highest BCUT2D eigenvalue weighted by Crippen LogP contribution is 2.26. The van der Waals surface area contributed by atoms with Crippen LogP contribution in [0.2, 0.25) is 0 Å². The van der Waals surface area contributed by atoms with Gasteiger partial charge in [0.05, 0.1) is 17.6 Å². The molecule has 2 aromatic heterocycles. The fourth-order valence-electron chi connectivity index (χ4n) is 2.89. The predicted molar refractivity (Wildman–Crippen MR) is 103 cm³/mol. The summed E-state index contributed by atoms with van der Waals surface area (Å²) in [5.41, 5.74) is 6.52. The normalized spacial score (nSPS) is 13.6. The molecule has 8 nitrogen and oxygen atoms in total. The Labute approximate surface area is 163 Å². The molecule has 0 saturated carbocycles. The average Bonchev–Trinajstić information content (AvgIpc) is 3.35. The first-order valence-corrected chi connectivity index (χ1v) is 8.60. The van der Waals surface area contributed by atoms with E-state index in [2.05, 4.69) is 20.7 Å². The molecule has 1 aliphatic heterocycles. The summed E-state index contributed by atoms with van der Waals surface area (Å²) < 4.78 is 38.5. The molecular formula is C18H16F3N7O. The van der Waals surface area contributed by atoms with Crippen molar-refractivity contribution in [1.29, 1.82) is 0 Å². The molecule has 3 heterocycles. The molecule has 3 aromatic rings. The van der Waals surface area contributed by atoms with Crippen molar-refractivity contribution in [2.75, 3.05) is 23.5 Å². The maximum absolute atomic E-state index is 12.2. The zero-order valence-electron chi connectivity index (χ0n) is 14.9. The number of fused-ring (bicyclic) bond motifs is 1. The van der Waals surface area contributed by atoms with Gasteiger partial charge in [0, 0.05) is 23.5 Å². The number of halogens is 3. The van der Waals surface area contributed by atoms with Gasteiger partial charge in [0.1, 0.15) is 25.2 Å². The topological polar surface area (TPSA) is 86.1 Å². The third-order valence-corrected chi connectivity index (χ3v) is 4.20. The van der Waals surface area contributed by atoms with Crippen LogP contribution in [0.25, 0.3) is 16.9 Å². The summed E-state index contributed by atoms with van der Waals surface area (Å²) in [6, 6.07) is 9.67. The fraction of sp³-hybridized carbons (Fsp3) is 0.167. The van der Waals surface area contributed by atoms with Gasteiger partial charge in [0.25, 0.3) is 0 Å². The summed E-state index contributed by atoms with van der Waals surface area (Å²) in [6.45, 7) is -0.890. The van der Waals surface area contributed by atoms with Crippen molar-refractivity contribution in [3.05, 3.63) is 48.8 Å². The van der Waals surface area contributed by atoms with Crippen LogP contribution in [0.3, 0.4) is 0 Å². The molecule has 0 atom stereocenters. The molecule has 1 aromatic carbocycles. The zero-order chi connectivity index (χ0) is 20.4. The summed E-state index contributed by atoms with van der Waals surface area (Å²) in [5.74, 6) is 0. The molecule has 3 N–H and O–H groups in total. The second kappa shape index (κ2) is 7.34. The van der Waals surface area contributed by atoms with Gasteiger partial charge in [-0.1, -0.05) is 12.1 Å². The van der Waals surface area contributed by atoms with E-state index >= 15 is 0 Å². The van der Waals surface area contributed by atoms with E-state index in [0.29, 0.717) is 18.0 Å². The lowest BCUT2D eigenvalue weighted by Crippen LogP contribution is -2.36. The SMILES string of the molecule is O=C(NCC(F)(F)F)Nc1cccc(-c2cnc3cc(N4CN=CN4)ccn23)c1. The number of carbonyl (C=O) groups is 1. The minimum Gasteiger partial charge on any atom is -0.329 e. The van der Waals surface area contributed by atoms with Crippen molar-refractivity contribution in [1.82, 2.24) is 20.1 Å². The number of aromatic nitrogens is 2. The van der Waals surface area contributed by atoms with Crippen LogP contribution in [-0.4, -0.2) is 41.1 Å². The third-order valence-electron chi connectivity index (χ3n) is 4.20. The van der Waals surface area contributed by atoms with Gasteiger partial charge in [0.15, 0.2) is 0 Å². The zero-order valence-corrected chi connectivity index (χ0v) is 14.9. The highest BCUT2D eigenvalue weighted by molar-refractivity contribution is 5.90. The lowest BCUT2D eigenvalue weighted by atomic mass is 10.1. The minimum absolute atomic E-state index is 0.368. The first kappa shape index (κ1) is 18.6. The largest absolute Gasteiger partial charge is 0.405 e. The van der Waals surface area contributed by atoms with Gasteiger partial charge in [0.2, 0.25) is 0 Å². The molecule has 1 aliphatic rings. The van der Waals surface area contributed by atoms with E-state index in [1.807, 2.05) is 33.8 Å². The number of aliphatic imine (C=N–C) groups is 1.